The molecule has 0 saturated heterocycles. The quantitative estimate of drug-likeness (QED) is 0.506. The monoisotopic (exact) mass is 385 g/mol. The van der Waals surface area contributed by atoms with Crippen LogP contribution >= 0.6 is 0 Å². The number of fused-ring (bicyclic) bond motifs is 1. The van der Waals surface area contributed by atoms with Crippen LogP contribution in [0, 0.1) is 0 Å². The fourth-order valence-corrected chi connectivity index (χ4v) is 3.78. The molecule has 1 amide bonds. The first-order valence-electron chi connectivity index (χ1n) is 9.91. The van der Waals surface area contributed by atoms with Crippen molar-refractivity contribution in [3.05, 3.63) is 108 Å². The summed E-state index contributed by atoms with van der Waals surface area (Å²) in [5.41, 5.74) is 2.24. The molecule has 1 aromatic heterocycles. The Morgan fingerprint density at radius 1 is 0.931 bits per heavy atom. The Hall–Kier alpha value is -3.37. The van der Waals surface area contributed by atoms with Gasteiger partial charge < -0.3 is 15.1 Å². The Bertz CT molecular complexity index is 1070. The molecule has 4 nitrogen and oxygen atoms in total. The number of furan rings is 1. The number of carbonyl (C=O) groups excluding carboxylic acids is 1. The van der Waals surface area contributed by atoms with E-state index >= 15 is 0 Å². The standard InChI is InChI=1S/C25H24N2O2/c1-18(21-14-7-12-19-9-5-6-13-22(19)21)27-24(28)17-26-25(23-15-8-16-29-23)20-10-3-2-4-11-20/h2-16,18,25-26H,17H2,1H3,(H,27,28)/p+1/t18-,25-/m1/s1. The zero-order valence-electron chi connectivity index (χ0n) is 16.4. The first kappa shape index (κ1) is 19.0. The van der Waals surface area contributed by atoms with Gasteiger partial charge in [-0.1, -0.05) is 72.8 Å². The second-order valence-corrected chi connectivity index (χ2v) is 7.20. The van der Waals surface area contributed by atoms with E-state index in [9.17, 15) is 4.79 Å². The van der Waals surface area contributed by atoms with Gasteiger partial charge in [-0.15, -0.1) is 0 Å². The van der Waals surface area contributed by atoms with Crippen molar-refractivity contribution in [1.29, 1.82) is 0 Å². The van der Waals surface area contributed by atoms with E-state index in [4.69, 9.17) is 4.42 Å². The third kappa shape index (κ3) is 4.39. The topological polar surface area (TPSA) is 58.9 Å². The average molecular weight is 385 g/mol. The molecular formula is C25H25N2O2+. The number of carbonyl (C=O) groups is 1. The van der Waals surface area contributed by atoms with Crippen molar-refractivity contribution in [2.45, 2.75) is 19.0 Å². The van der Waals surface area contributed by atoms with Gasteiger partial charge >= 0.3 is 0 Å². The van der Waals surface area contributed by atoms with E-state index in [1.807, 2.05) is 60.8 Å². The summed E-state index contributed by atoms with van der Waals surface area (Å²) in [5.74, 6) is 0.837. The normalized spacial score (nSPS) is 13.1. The van der Waals surface area contributed by atoms with Gasteiger partial charge in [0.25, 0.3) is 5.91 Å². The highest BCUT2D eigenvalue weighted by Gasteiger charge is 2.22. The Morgan fingerprint density at radius 3 is 2.48 bits per heavy atom. The van der Waals surface area contributed by atoms with Gasteiger partial charge in [-0.2, -0.15) is 0 Å². The molecule has 1 heterocycles. The highest BCUT2D eigenvalue weighted by atomic mass is 16.3. The molecule has 3 aromatic carbocycles. The molecule has 0 fully saturated rings. The summed E-state index contributed by atoms with van der Waals surface area (Å²) in [6, 6.07) is 28.3. The number of hydrogen-bond acceptors (Lipinski definition) is 2. The van der Waals surface area contributed by atoms with Crippen LogP contribution in [0.4, 0.5) is 0 Å². The third-order valence-electron chi connectivity index (χ3n) is 5.21. The van der Waals surface area contributed by atoms with Crippen molar-refractivity contribution in [3.63, 3.8) is 0 Å². The van der Waals surface area contributed by atoms with Crippen LogP contribution in [-0.2, 0) is 4.79 Å². The van der Waals surface area contributed by atoms with Crippen molar-refractivity contribution in [2.75, 3.05) is 6.54 Å². The van der Waals surface area contributed by atoms with E-state index in [2.05, 4.69) is 41.7 Å². The van der Waals surface area contributed by atoms with E-state index < -0.39 is 0 Å². The maximum absolute atomic E-state index is 12.7. The van der Waals surface area contributed by atoms with E-state index in [0.29, 0.717) is 6.54 Å². The van der Waals surface area contributed by atoms with Crippen LogP contribution in [0.5, 0.6) is 0 Å². The van der Waals surface area contributed by atoms with Crippen LogP contribution < -0.4 is 10.6 Å². The van der Waals surface area contributed by atoms with Crippen LogP contribution in [0.1, 0.15) is 35.9 Å². The lowest BCUT2D eigenvalue weighted by molar-refractivity contribution is -0.678. The summed E-state index contributed by atoms with van der Waals surface area (Å²) < 4.78 is 5.62. The smallest absolute Gasteiger partial charge is 0.275 e. The number of rotatable bonds is 7. The first-order valence-corrected chi connectivity index (χ1v) is 9.91. The predicted octanol–water partition coefficient (Wildman–Crippen LogP) is 3.96. The number of nitrogens with two attached hydrogens (primary N) is 1. The lowest BCUT2D eigenvalue weighted by Gasteiger charge is -2.18. The van der Waals surface area contributed by atoms with Crippen LogP contribution in [0.15, 0.2) is 95.6 Å². The Morgan fingerprint density at radius 2 is 1.69 bits per heavy atom. The number of nitrogens with one attached hydrogen (secondary N) is 1. The molecule has 0 aliphatic rings. The zero-order chi connectivity index (χ0) is 20.1. The molecule has 4 aromatic rings. The first-order chi connectivity index (χ1) is 14.2. The lowest BCUT2D eigenvalue weighted by atomic mass is 9.99. The summed E-state index contributed by atoms with van der Waals surface area (Å²) in [7, 11) is 0. The average Bonchev–Trinajstić information content (AvgIpc) is 3.29. The number of amides is 1. The van der Waals surface area contributed by atoms with Gasteiger partial charge in [0.05, 0.1) is 12.3 Å². The zero-order valence-corrected chi connectivity index (χ0v) is 16.4. The van der Waals surface area contributed by atoms with Crippen LogP contribution in [0.3, 0.4) is 0 Å². The molecule has 29 heavy (non-hydrogen) atoms. The fraction of sp³-hybridized carbons (Fsp3) is 0.160. The second-order valence-electron chi connectivity index (χ2n) is 7.20. The molecule has 0 spiro atoms. The van der Waals surface area contributed by atoms with Crippen molar-refractivity contribution in [3.8, 4) is 0 Å². The van der Waals surface area contributed by atoms with Crippen molar-refractivity contribution < 1.29 is 14.5 Å². The summed E-state index contributed by atoms with van der Waals surface area (Å²) >= 11 is 0. The molecule has 0 radical (unpaired) electrons. The molecule has 0 bridgehead atoms. The largest absolute Gasteiger partial charge is 0.463 e. The molecule has 4 heteroatoms. The molecule has 2 atom stereocenters. The molecule has 4 rings (SSSR count). The van der Waals surface area contributed by atoms with Gasteiger partial charge in [0, 0.05) is 5.56 Å². The maximum atomic E-state index is 12.7. The Labute approximate surface area is 170 Å². The van der Waals surface area contributed by atoms with E-state index in [-0.39, 0.29) is 18.0 Å². The maximum Gasteiger partial charge on any atom is 0.275 e. The Kier molecular flexibility index (Phi) is 5.73. The highest BCUT2D eigenvalue weighted by molar-refractivity contribution is 5.87. The van der Waals surface area contributed by atoms with Gasteiger partial charge in [0.15, 0.2) is 18.3 Å². The SMILES string of the molecule is C[C@@H](NC(=O)C[NH2+][C@H](c1ccccc1)c1ccco1)c1cccc2ccccc12. The fourth-order valence-electron chi connectivity index (χ4n) is 3.78. The van der Waals surface area contributed by atoms with Gasteiger partial charge in [-0.3, -0.25) is 4.79 Å². The number of benzene rings is 3. The lowest BCUT2D eigenvalue weighted by Crippen LogP contribution is -2.87. The van der Waals surface area contributed by atoms with Crippen molar-refractivity contribution in [2.24, 2.45) is 0 Å². The van der Waals surface area contributed by atoms with Gasteiger partial charge in [-0.05, 0) is 35.4 Å². The second kappa shape index (κ2) is 8.76. The minimum Gasteiger partial charge on any atom is -0.463 e. The van der Waals surface area contributed by atoms with Crippen LogP contribution in [0.2, 0.25) is 0 Å². The third-order valence-corrected chi connectivity index (χ3v) is 5.21. The number of quaternary nitrogens is 1. The minimum atomic E-state index is -0.0687. The summed E-state index contributed by atoms with van der Waals surface area (Å²) in [4.78, 5) is 12.7. The molecule has 0 saturated carbocycles. The van der Waals surface area contributed by atoms with E-state index in [1.54, 1.807) is 6.26 Å². The van der Waals surface area contributed by atoms with Crippen LogP contribution in [-0.4, -0.2) is 12.5 Å². The van der Waals surface area contributed by atoms with Gasteiger partial charge in [0.2, 0.25) is 0 Å². The minimum absolute atomic E-state index is 0.00192. The molecule has 3 N–H and O–H groups in total. The molecule has 0 aliphatic heterocycles. The number of hydrogen-bond donors (Lipinski definition) is 2. The van der Waals surface area contributed by atoms with Crippen LogP contribution in [0.25, 0.3) is 10.8 Å². The highest BCUT2D eigenvalue weighted by Crippen LogP contribution is 2.24. The van der Waals surface area contributed by atoms with E-state index in [1.165, 1.54) is 10.8 Å². The Balaban J connectivity index is 1.45. The van der Waals surface area contributed by atoms with Crippen molar-refractivity contribution >= 4 is 16.7 Å². The molecule has 146 valence electrons. The molecule has 0 aliphatic carbocycles. The summed E-state index contributed by atoms with van der Waals surface area (Å²) in [5, 5.41) is 7.50. The van der Waals surface area contributed by atoms with Gasteiger partial charge in [0.1, 0.15) is 0 Å². The van der Waals surface area contributed by atoms with Gasteiger partial charge in [-0.25, -0.2) is 0 Å². The predicted molar refractivity (Wildman–Crippen MR) is 114 cm³/mol. The molecular weight excluding hydrogens is 360 g/mol. The molecule has 0 unspecified atom stereocenters. The summed E-state index contributed by atoms with van der Waals surface area (Å²) in [6.45, 7) is 2.34. The van der Waals surface area contributed by atoms with E-state index in [0.717, 1.165) is 16.9 Å². The summed E-state index contributed by atoms with van der Waals surface area (Å²) in [6.07, 6.45) is 1.67. The van der Waals surface area contributed by atoms with Crippen molar-refractivity contribution in [1.82, 2.24) is 5.32 Å².